The normalized spacial score (nSPS) is 23.4. The smallest absolute Gasteiger partial charge is 0.408 e. The molecule has 1 aliphatic heterocycles. The molecule has 4 aliphatic rings. The number of hydrogen-bond acceptors (Lipinski definition) is 12. The lowest BCUT2D eigenvalue weighted by Crippen LogP contribution is -2.59. The largest absolute Gasteiger partial charge is 0.497 e. The molecule has 3 N–H and O–H groups in total. The van der Waals surface area contributed by atoms with Crippen molar-refractivity contribution < 1.29 is 41.8 Å². The van der Waals surface area contributed by atoms with Crippen LogP contribution in [0.4, 0.5) is 4.79 Å². The molecule has 58 heavy (non-hydrogen) atoms. The lowest BCUT2D eigenvalue weighted by Gasteiger charge is -2.31. The Morgan fingerprint density at radius 3 is 2.45 bits per heavy atom. The van der Waals surface area contributed by atoms with Crippen molar-refractivity contribution in [2.24, 2.45) is 11.8 Å². The van der Waals surface area contributed by atoms with Crippen LogP contribution in [0.2, 0.25) is 0 Å². The van der Waals surface area contributed by atoms with Crippen LogP contribution in [0.15, 0.2) is 36.9 Å². The molecule has 5 atom stereocenters. The highest BCUT2D eigenvalue weighted by molar-refractivity contribution is 7.90. The summed E-state index contributed by atoms with van der Waals surface area (Å²) in [5.74, 6) is -1.92. The first-order valence-electron chi connectivity index (χ1n) is 20.0. The van der Waals surface area contributed by atoms with Crippen LogP contribution in [-0.4, -0.2) is 95.8 Å². The molecule has 1 unspecified atom stereocenters. The monoisotopic (exact) mass is 836 g/mol. The average Bonchev–Trinajstić information content (AvgIpc) is 3.74. The van der Waals surface area contributed by atoms with Gasteiger partial charge in [-0.25, -0.2) is 23.2 Å². The zero-order valence-electron chi connectivity index (χ0n) is 33.5. The number of aryl methyl sites for hydroxylation is 2. The highest BCUT2D eigenvalue weighted by Crippen LogP contribution is 2.45. The van der Waals surface area contributed by atoms with Gasteiger partial charge in [0, 0.05) is 34.7 Å². The van der Waals surface area contributed by atoms with Crippen molar-refractivity contribution in [2.45, 2.75) is 121 Å². The number of benzene rings is 1. The Morgan fingerprint density at radius 2 is 1.79 bits per heavy atom. The van der Waals surface area contributed by atoms with E-state index in [0.29, 0.717) is 28.1 Å². The number of nitrogens with one attached hydrogen (secondary N) is 3. The number of likely N-dealkylation sites (tertiary alicyclic amines) is 1. The molecule has 1 saturated heterocycles. The summed E-state index contributed by atoms with van der Waals surface area (Å²) in [6, 6.07) is 5.08. The standard InChI is InChI=1S/C41H52N6O9S2/c1-7-24-20-41(24,39(50)46-58(52,53)23(4)5)45-36(48)32-18-27(21-47(32)38(49)35(22(2)3)44-40(51)56-25-11-8-9-12-25)55-33-19-31(37-43-29-13-10-14-34(29)57-37)42-30-17-26(54-6)15-16-28(30)33/h7,15-17,19,22-25,27,32,35H,1,8-14,18,20-21H2,2-6H3,(H,44,51)(H,45,48)(H,46,50)/t24?,27-,32+,35+,41-/m1/s1. The summed E-state index contributed by atoms with van der Waals surface area (Å²) in [5.41, 5.74) is 0.727. The first kappa shape index (κ1) is 41.4. The van der Waals surface area contributed by atoms with Crippen molar-refractivity contribution >= 4 is 56.1 Å². The van der Waals surface area contributed by atoms with Crippen LogP contribution in [0, 0.1) is 11.8 Å². The van der Waals surface area contributed by atoms with Gasteiger partial charge in [0.2, 0.25) is 21.8 Å². The van der Waals surface area contributed by atoms with Crippen LogP contribution in [0.1, 0.15) is 83.2 Å². The van der Waals surface area contributed by atoms with Gasteiger partial charge in [0.15, 0.2) is 0 Å². The van der Waals surface area contributed by atoms with Crippen LogP contribution in [-0.2, 0) is 42.0 Å². The molecule has 7 rings (SSSR count). The van der Waals surface area contributed by atoms with Crippen molar-refractivity contribution in [3.63, 3.8) is 0 Å². The highest BCUT2D eigenvalue weighted by Gasteiger charge is 2.61. The fraction of sp³-hybridized carbons (Fsp3) is 0.561. The second-order valence-corrected chi connectivity index (χ2v) is 19.6. The van der Waals surface area contributed by atoms with E-state index in [1.807, 2.05) is 18.2 Å². The van der Waals surface area contributed by atoms with E-state index in [4.69, 9.17) is 24.2 Å². The second-order valence-electron chi connectivity index (χ2n) is 16.3. The zero-order valence-corrected chi connectivity index (χ0v) is 35.2. The number of ether oxygens (including phenoxy) is 3. The molecule has 0 bridgehead atoms. The van der Waals surface area contributed by atoms with Crippen molar-refractivity contribution in [2.75, 3.05) is 13.7 Å². The van der Waals surface area contributed by atoms with Gasteiger partial charge in [-0.1, -0.05) is 19.9 Å². The van der Waals surface area contributed by atoms with Gasteiger partial charge in [-0.05, 0) is 83.3 Å². The topological polar surface area (TPSA) is 195 Å². The maximum Gasteiger partial charge on any atom is 0.408 e. The first-order valence-corrected chi connectivity index (χ1v) is 22.4. The minimum Gasteiger partial charge on any atom is -0.497 e. The van der Waals surface area contributed by atoms with Gasteiger partial charge in [-0.15, -0.1) is 17.9 Å². The Labute approximate surface area is 342 Å². The highest BCUT2D eigenvalue weighted by atomic mass is 32.2. The summed E-state index contributed by atoms with van der Waals surface area (Å²) in [6.45, 7) is 10.2. The van der Waals surface area contributed by atoms with E-state index in [-0.39, 0.29) is 31.4 Å². The Bertz CT molecular complexity index is 2200. The Balaban J connectivity index is 1.20. The number of thiazole rings is 1. The first-order chi connectivity index (χ1) is 27.6. The number of hydrogen-bond donors (Lipinski definition) is 3. The van der Waals surface area contributed by atoms with Gasteiger partial charge in [0.05, 0.1) is 30.1 Å². The molecule has 0 spiro atoms. The van der Waals surface area contributed by atoms with Gasteiger partial charge in [0.1, 0.15) is 52.0 Å². The number of fused-ring (bicyclic) bond motifs is 2. The average molecular weight is 837 g/mol. The van der Waals surface area contributed by atoms with Gasteiger partial charge in [-0.2, -0.15) is 0 Å². The van der Waals surface area contributed by atoms with E-state index >= 15 is 0 Å². The predicted molar refractivity (Wildman–Crippen MR) is 218 cm³/mol. The maximum absolute atomic E-state index is 14.6. The van der Waals surface area contributed by atoms with Gasteiger partial charge in [0.25, 0.3) is 5.91 Å². The van der Waals surface area contributed by atoms with E-state index in [9.17, 15) is 27.6 Å². The molecule has 312 valence electrons. The molecule has 3 heterocycles. The molecule has 15 nitrogen and oxygen atoms in total. The van der Waals surface area contributed by atoms with Gasteiger partial charge < -0.3 is 29.7 Å². The summed E-state index contributed by atoms with van der Waals surface area (Å²) >= 11 is 1.61. The second kappa shape index (κ2) is 16.5. The molecule has 4 amide bonds. The van der Waals surface area contributed by atoms with E-state index in [1.165, 1.54) is 29.7 Å². The Kier molecular flexibility index (Phi) is 11.8. The molecule has 3 aliphatic carbocycles. The van der Waals surface area contributed by atoms with Crippen molar-refractivity contribution in [3.8, 4) is 22.2 Å². The molecule has 2 saturated carbocycles. The summed E-state index contributed by atoms with van der Waals surface area (Å²) in [5, 5.41) is 6.12. The third-order valence-electron chi connectivity index (χ3n) is 11.6. The van der Waals surface area contributed by atoms with Crippen LogP contribution in [0.25, 0.3) is 21.6 Å². The number of alkyl carbamates (subject to hydrolysis) is 1. The molecule has 2 aromatic heterocycles. The number of carbonyl (C=O) groups excluding carboxylic acids is 4. The minimum absolute atomic E-state index is 0.0243. The number of nitrogens with zero attached hydrogens (tertiary/aromatic N) is 3. The van der Waals surface area contributed by atoms with Crippen LogP contribution < -0.4 is 24.8 Å². The van der Waals surface area contributed by atoms with E-state index in [2.05, 4.69) is 21.9 Å². The Hall–Kier alpha value is -4.77. The minimum atomic E-state index is -4.02. The molecule has 17 heteroatoms. The zero-order chi connectivity index (χ0) is 41.5. The maximum atomic E-state index is 14.6. The number of pyridine rings is 1. The number of sulfonamides is 1. The fourth-order valence-corrected chi connectivity index (χ4v) is 9.84. The summed E-state index contributed by atoms with van der Waals surface area (Å²) in [4.78, 5) is 68.1. The molecular formula is C41H52N6O9S2. The Morgan fingerprint density at radius 1 is 1.03 bits per heavy atom. The van der Waals surface area contributed by atoms with Crippen LogP contribution in [0.3, 0.4) is 0 Å². The third kappa shape index (κ3) is 8.38. The van der Waals surface area contributed by atoms with Crippen LogP contribution >= 0.6 is 11.3 Å². The lowest BCUT2D eigenvalue weighted by atomic mass is 10.0. The quantitative estimate of drug-likeness (QED) is 0.189. The summed E-state index contributed by atoms with van der Waals surface area (Å²) in [7, 11) is -2.44. The fourth-order valence-electron chi connectivity index (χ4n) is 8.05. The van der Waals surface area contributed by atoms with Crippen molar-refractivity contribution in [3.05, 3.63) is 47.5 Å². The number of methoxy groups -OCH3 is 1. The molecule has 1 aromatic carbocycles. The molecule has 0 radical (unpaired) electrons. The number of rotatable bonds is 14. The predicted octanol–water partition coefficient (Wildman–Crippen LogP) is 4.81. The van der Waals surface area contributed by atoms with E-state index in [1.54, 1.807) is 38.4 Å². The third-order valence-corrected chi connectivity index (χ3v) is 14.5. The summed E-state index contributed by atoms with van der Waals surface area (Å²) < 4.78 is 45.4. The van der Waals surface area contributed by atoms with Gasteiger partial charge in [-0.3, -0.25) is 19.1 Å². The molecular weight excluding hydrogens is 785 g/mol. The molecule has 3 fully saturated rings. The SMILES string of the molecule is C=CC1C[C@]1(NC(=O)[C@@H]1C[C@@H](Oc2cc(-c3nc4c(s3)CCC4)nc3cc(OC)ccc23)CN1C(=O)[C@@H](NC(=O)OC1CCCC1)C(C)C)C(=O)NS(=O)(=O)C(C)C. The van der Waals surface area contributed by atoms with Gasteiger partial charge >= 0.3 is 6.09 Å². The summed E-state index contributed by atoms with van der Waals surface area (Å²) in [6.07, 6.45) is 6.38. The number of aromatic nitrogens is 2. The number of amides is 4. The van der Waals surface area contributed by atoms with Crippen LogP contribution in [0.5, 0.6) is 11.5 Å². The van der Waals surface area contributed by atoms with Crippen molar-refractivity contribution in [1.82, 2.24) is 30.2 Å². The van der Waals surface area contributed by atoms with Crippen molar-refractivity contribution in [1.29, 1.82) is 0 Å². The van der Waals surface area contributed by atoms with E-state index in [0.717, 1.165) is 55.6 Å². The van der Waals surface area contributed by atoms with E-state index < -0.39 is 68.7 Å². The number of carbonyl (C=O) groups is 4. The lowest BCUT2D eigenvalue weighted by molar-refractivity contribution is -0.141. The molecule has 3 aromatic rings.